The number of carbonyl (C=O) groups is 1. The molecule has 8 heteroatoms. The van der Waals surface area contributed by atoms with E-state index in [1.54, 1.807) is 16.8 Å². The average molecular weight is 356 g/mol. The first kappa shape index (κ1) is 16.3. The third-order valence-corrected chi connectivity index (χ3v) is 4.16. The fourth-order valence-corrected chi connectivity index (χ4v) is 2.79. The van der Waals surface area contributed by atoms with Gasteiger partial charge in [-0.3, -0.25) is 4.79 Å². The Bertz CT molecular complexity index is 939. The Labute approximate surface area is 147 Å². The molecule has 3 aromatic rings. The Morgan fingerprint density at radius 1 is 1.08 bits per heavy atom. The van der Waals surface area contributed by atoms with E-state index in [-0.39, 0.29) is 30.0 Å². The third-order valence-electron chi connectivity index (χ3n) is 4.16. The van der Waals surface area contributed by atoms with Crippen molar-refractivity contribution in [3.8, 4) is 0 Å². The number of amides is 1. The van der Waals surface area contributed by atoms with Crippen molar-refractivity contribution in [2.24, 2.45) is 0 Å². The van der Waals surface area contributed by atoms with Gasteiger partial charge in [0.2, 0.25) is 0 Å². The summed E-state index contributed by atoms with van der Waals surface area (Å²) >= 11 is 0. The van der Waals surface area contributed by atoms with E-state index in [0.717, 1.165) is 5.56 Å². The minimum Gasteiger partial charge on any atom is -0.365 e. The second-order valence-electron chi connectivity index (χ2n) is 5.88. The molecular weight excluding hydrogens is 342 g/mol. The lowest BCUT2D eigenvalue weighted by atomic mass is 10.1. The van der Waals surface area contributed by atoms with Gasteiger partial charge in [-0.05, 0) is 42.0 Å². The van der Waals surface area contributed by atoms with Gasteiger partial charge in [-0.25, -0.2) is 13.5 Å². The fourth-order valence-electron chi connectivity index (χ4n) is 2.79. The maximum Gasteiger partial charge on any atom is 0.278 e. The number of hydrogen-bond acceptors (Lipinski definition) is 4. The number of nitrogens with one attached hydrogen (secondary N) is 1. The summed E-state index contributed by atoms with van der Waals surface area (Å²) < 4.78 is 33.4. The zero-order chi connectivity index (χ0) is 18.1. The number of rotatable bonds is 3. The fraction of sp³-hybridized carbons (Fsp3) is 0.167. The highest BCUT2D eigenvalue weighted by molar-refractivity contribution is 6.03. The molecule has 0 unspecified atom stereocenters. The van der Waals surface area contributed by atoms with Gasteiger partial charge in [0, 0.05) is 5.69 Å². The summed E-state index contributed by atoms with van der Waals surface area (Å²) in [5.74, 6) is -1.14. The molecule has 1 atom stereocenters. The van der Waals surface area contributed by atoms with E-state index in [1.807, 2.05) is 0 Å². The lowest BCUT2D eigenvalue weighted by molar-refractivity contribution is -0.00174. The Morgan fingerprint density at radius 2 is 1.73 bits per heavy atom. The summed E-state index contributed by atoms with van der Waals surface area (Å²) in [4.78, 5) is 12.4. The van der Waals surface area contributed by atoms with Gasteiger partial charge >= 0.3 is 0 Å². The van der Waals surface area contributed by atoms with Crippen LogP contribution < -0.4 is 5.32 Å². The van der Waals surface area contributed by atoms with E-state index < -0.39 is 5.91 Å². The molecule has 0 saturated heterocycles. The summed E-state index contributed by atoms with van der Waals surface area (Å²) in [6.07, 6.45) is -0.294. The molecule has 26 heavy (non-hydrogen) atoms. The second-order valence-corrected chi connectivity index (χ2v) is 5.88. The molecule has 4 rings (SSSR count). The van der Waals surface area contributed by atoms with Crippen molar-refractivity contribution < 1.29 is 18.3 Å². The minimum absolute atomic E-state index is 0.154. The lowest BCUT2D eigenvalue weighted by Crippen LogP contribution is -2.24. The Balaban J connectivity index is 1.51. The predicted octanol–water partition coefficient (Wildman–Crippen LogP) is 3.08. The van der Waals surface area contributed by atoms with Gasteiger partial charge in [0.25, 0.3) is 5.91 Å². The van der Waals surface area contributed by atoms with Gasteiger partial charge in [0.1, 0.15) is 17.7 Å². The zero-order valence-corrected chi connectivity index (χ0v) is 13.5. The van der Waals surface area contributed by atoms with Crippen LogP contribution in [0.4, 0.5) is 14.5 Å². The van der Waals surface area contributed by atoms with Gasteiger partial charge in [-0.1, -0.05) is 17.3 Å². The van der Waals surface area contributed by atoms with Crippen molar-refractivity contribution in [2.45, 2.75) is 19.3 Å². The van der Waals surface area contributed by atoms with E-state index in [1.165, 1.54) is 36.4 Å². The van der Waals surface area contributed by atoms with Crippen LogP contribution in [-0.2, 0) is 17.9 Å². The highest BCUT2D eigenvalue weighted by atomic mass is 19.1. The largest absolute Gasteiger partial charge is 0.365 e. The van der Waals surface area contributed by atoms with Gasteiger partial charge in [-0.15, -0.1) is 5.10 Å². The summed E-state index contributed by atoms with van der Waals surface area (Å²) in [7, 11) is 0. The van der Waals surface area contributed by atoms with Gasteiger partial charge in [-0.2, -0.15) is 0 Å². The van der Waals surface area contributed by atoms with Crippen LogP contribution in [0.1, 0.15) is 27.8 Å². The Morgan fingerprint density at radius 3 is 2.42 bits per heavy atom. The first-order valence-corrected chi connectivity index (χ1v) is 7.96. The van der Waals surface area contributed by atoms with Crippen LogP contribution in [0, 0.1) is 11.6 Å². The van der Waals surface area contributed by atoms with Crippen LogP contribution in [-0.4, -0.2) is 20.9 Å². The van der Waals surface area contributed by atoms with Crippen LogP contribution in [0.2, 0.25) is 0 Å². The second kappa shape index (κ2) is 6.64. The van der Waals surface area contributed by atoms with Crippen LogP contribution in [0.3, 0.4) is 0 Å². The molecule has 1 aromatic heterocycles. The molecule has 0 spiro atoms. The standard InChI is InChI=1S/C18H14F2N4O2/c19-12-3-1-11(2-4-12)16-9-24-15(10-26-16)17(22-23-24)18(25)21-14-7-5-13(20)6-8-14/h1-8,16H,9-10H2,(H,21,25)/t16-/m1/s1. The summed E-state index contributed by atoms with van der Waals surface area (Å²) in [6.45, 7) is 0.527. The number of aromatic nitrogens is 3. The van der Waals surface area contributed by atoms with Crippen molar-refractivity contribution in [3.63, 3.8) is 0 Å². The molecule has 1 aliphatic rings. The number of nitrogens with zero attached hydrogens (tertiary/aromatic N) is 3. The maximum atomic E-state index is 13.1. The Kier molecular flexibility index (Phi) is 4.18. The molecule has 1 N–H and O–H groups in total. The van der Waals surface area contributed by atoms with E-state index in [0.29, 0.717) is 17.9 Å². The maximum absolute atomic E-state index is 13.1. The molecule has 2 aromatic carbocycles. The quantitative estimate of drug-likeness (QED) is 0.783. The molecule has 0 radical (unpaired) electrons. The number of fused-ring (bicyclic) bond motifs is 1. The van der Waals surface area contributed by atoms with Crippen LogP contribution in [0.5, 0.6) is 0 Å². The molecule has 2 heterocycles. The number of benzene rings is 2. The molecule has 0 bridgehead atoms. The summed E-state index contributed by atoms with van der Waals surface area (Å²) in [5.41, 5.74) is 2.00. The van der Waals surface area contributed by atoms with Crippen LogP contribution in [0.15, 0.2) is 48.5 Å². The van der Waals surface area contributed by atoms with Gasteiger partial charge < -0.3 is 10.1 Å². The van der Waals surface area contributed by atoms with Crippen molar-refractivity contribution in [2.75, 3.05) is 5.32 Å². The average Bonchev–Trinajstić information content (AvgIpc) is 3.07. The third kappa shape index (κ3) is 3.18. The molecular formula is C18H14F2N4O2. The van der Waals surface area contributed by atoms with E-state index in [2.05, 4.69) is 15.6 Å². The lowest BCUT2D eigenvalue weighted by Gasteiger charge is -2.24. The van der Waals surface area contributed by atoms with E-state index in [4.69, 9.17) is 4.74 Å². The van der Waals surface area contributed by atoms with E-state index in [9.17, 15) is 13.6 Å². The number of carbonyl (C=O) groups excluding carboxylic acids is 1. The smallest absolute Gasteiger partial charge is 0.278 e. The monoisotopic (exact) mass is 356 g/mol. The van der Waals surface area contributed by atoms with Crippen molar-refractivity contribution in [1.82, 2.24) is 15.0 Å². The van der Waals surface area contributed by atoms with Crippen molar-refractivity contribution in [1.29, 1.82) is 0 Å². The normalized spacial score (nSPS) is 16.2. The predicted molar refractivity (Wildman–Crippen MR) is 88.3 cm³/mol. The zero-order valence-electron chi connectivity index (χ0n) is 13.5. The summed E-state index contributed by atoms with van der Waals surface area (Å²) in [6, 6.07) is 11.5. The molecule has 1 amide bonds. The molecule has 1 aliphatic heterocycles. The van der Waals surface area contributed by atoms with Crippen LogP contribution >= 0.6 is 0 Å². The molecule has 132 valence electrons. The molecule has 6 nitrogen and oxygen atoms in total. The number of hydrogen-bond donors (Lipinski definition) is 1. The van der Waals surface area contributed by atoms with Crippen LogP contribution in [0.25, 0.3) is 0 Å². The highest BCUT2D eigenvalue weighted by Gasteiger charge is 2.27. The SMILES string of the molecule is O=C(Nc1ccc(F)cc1)c1nnn2c1CO[C@@H](c1ccc(F)cc1)C2. The van der Waals surface area contributed by atoms with Gasteiger partial charge in [0.15, 0.2) is 5.69 Å². The number of halogens is 2. The minimum atomic E-state index is -0.443. The first-order valence-electron chi connectivity index (χ1n) is 7.96. The summed E-state index contributed by atoms with van der Waals surface area (Å²) in [5, 5.41) is 10.6. The van der Waals surface area contributed by atoms with E-state index >= 15 is 0 Å². The number of ether oxygens (including phenoxy) is 1. The van der Waals surface area contributed by atoms with Gasteiger partial charge in [0.05, 0.1) is 18.8 Å². The first-order chi connectivity index (χ1) is 12.6. The highest BCUT2D eigenvalue weighted by Crippen LogP contribution is 2.27. The van der Waals surface area contributed by atoms with Crippen molar-refractivity contribution >= 4 is 11.6 Å². The molecule has 0 fully saturated rings. The number of anilines is 1. The molecule has 0 saturated carbocycles. The topological polar surface area (TPSA) is 69.0 Å². The van der Waals surface area contributed by atoms with Crippen molar-refractivity contribution in [3.05, 3.63) is 77.1 Å². The Hall–Kier alpha value is -3.13. The molecule has 0 aliphatic carbocycles.